The number of nitrogens with one attached hydrogen (secondary N) is 1. The second-order valence-electron chi connectivity index (χ2n) is 6.29. The molecule has 0 radical (unpaired) electrons. The molecule has 1 aliphatic heterocycles. The Kier molecular flexibility index (Phi) is 5.68. The van der Waals surface area contributed by atoms with Crippen LogP contribution in [0.3, 0.4) is 0 Å². The number of hydrogen-bond acceptors (Lipinski definition) is 4. The fourth-order valence-electron chi connectivity index (χ4n) is 3.16. The molecule has 0 fully saturated rings. The van der Waals surface area contributed by atoms with E-state index in [0.717, 1.165) is 19.5 Å². The van der Waals surface area contributed by atoms with Gasteiger partial charge in [-0.15, -0.1) is 0 Å². The highest BCUT2D eigenvalue weighted by Crippen LogP contribution is 2.20. The minimum atomic E-state index is -0.608. The van der Waals surface area contributed by atoms with Crippen LogP contribution in [0, 0.1) is 0 Å². The summed E-state index contributed by atoms with van der Waals surface area (Å²) in [7, 11) is 1.59. The van der Waals surface area contributed by atoms with Crippen LogP contribution in [0.4, 0.5) is 0 Å². The summed E-state index contributed by atoms with van der Waals surface area (Å²) in [5.41, 5.74) is 3.19. The first-order valence-electron chi connectivity index (χ1n) is 8.58. The van der Waals surface area contributed by atoms with Crippen molar-refractivity contribution in [2.75, 3.05) is 26.7 Å². The second kappa shape index (κ2) is 8.14. The Morgan fingerprint density at radius 3 is 2.72 bits per heavy atom. The van der Waals surface area contributed by atoms with Crippen molar-refractivity contribution in [3.05, 3.63) is 65.2 Å². The highest BCUT2D eigenvalue weighted by Gasteiger charge is 2.19. The molecule has 0 aliphatic carbocycles. The zero-order valence-corrected chi connectivity index (χ0v) is 14.4. The Hall–Kier alpha value is -2.37. The van der Waals surface area contributed by atoms with Crippen molar-refractivity contribution in [3.63, 3.8) is 0 Å². The van der Waals surface area contributed by atoms with Crippen molar-refractivity contribution < 1.29 is 14.6 Å². The van der Waals surface area contributed by atoms with E-state index in [0.29, 0.717) is 17.9 Å². The molecule has 0 saturated heterocycles. The summed E-state index contributed by atoms with van der Waals surface area (Å²) in [4.78, 5) is 14.1. The van der Waals surface area contributed by atoms with Crippen molar-refractivity contribution in [1.29, 1.82) is 0 Å². The monoisotopic (exact) mass is 340 g/mol. The summed E-state index contributed by atoms with van der Waals surface area (Å²) < 4.78 is 5.70. The maximum absolute atomic E-state index is 11.9. The number of amides is 1. The third-order valence-electron chi connectivity index (χ3n) is 4.47. The number of benzene rings is 2. The van der Waals surface area contributed by atoms with Gasteiger partial charge in [-0.2, -0.15) is 0 Å². The van der Waals surface area contributed by atoms with Gasteiger partial charge in [-0.3, -0.25) is 9.69 Å². The van der Waals surface area contributed by atoms with Gasteiger partial charge in [-0.05, 0) is 29.7 Å². The number of rotatable bonds is 6. The maximum Gasteiger partial charge on any atom is 0.254 e. The minimum Gasteiger partial charge on any atom is -0.490 e. The number of carbonyl (C=O) groups is 1. The van der Waals surface area contributed by atoms with Gasteiger partial charge in [0, 0.05) is 26.7 Å². The van der Waals surface area contributed by atoms with Crippen molar-refractivity contribution in [1.82, 2.24) is 10.2 Å². The molecule has 2 aromatic carbocycles. The smallest absolute Gasteiger partial charge is 0.254 e. The predicted octanol–water partition coefficient (Wildman–Crippen LogP) is 1.84. The summed E-state index contributed by atoms with van der Waals surface area (Å²) in [5, 5.41) is 12.9. The molecule has 2 N–H and O–H groups in total. The summed E-state index contributed by atoms with van der Waals surface area (Å²) in [5.74, 6) is 0.294. The van der Waals surface area contributed by atoms with Gasteiger partial charge >= 0.3 is 0 Å². The number of nitrogens with zero attached hydrogens (tertiary/aromatic N) is 1. The molecule has 1 aliphatic rings. The van der Waals surface area contributed by atoms with E-state index in [4.69, 9.17) is 4.74 Å². The van der Waals surface area contributed by atoms with E-state index in [1.165, 1.54) is 11.1 Å². The van der Waals surface area contributed by atoms with Crippen LogP contribution < -0.4 is 10.1 Å². The van der Waals surface area contributed by atoms with E-state index in [1.807, 2.05) is 6.07 Å². The van der Waals surface area contributed by atoms with Gasteiger partial charge in [0.15, 0.2) is 0 Å². The molecule has 5 heteroatoms. The van der Waals surface area contributed by atoms with Gasteiger partial charge in [0.05, 0.1) is 5.56 Å². The SMILES string of the molecule is CNC(=O)c1ccccc1OCC(O)CN1CCc2ccccc2C1. The molecule has 2 aromatic rings. The molecule has 0 aromatic heterocycles. The predicted molar refractivity (Wildman–Crippen MR) is 96.8 cm³/mol. The largest absolute Gasteiger partial charge is 0.490 e. The van der Waals surface area contributed by atoms with Crippen LogP contribution in [-0.2, 0) is 13.0 Å². The van der Waals surface area contributed by atoms with Crippen LogP contribution in [0.1, 0.15) is 21.5 Å². The van der Waals surface area contributed by atoms with E-state index in [-0.39, 0.29) is 12.5 Å². The van der Waals surface area contributed by atoms with Crippen LogP contribution >= 0.6 is 0 Å². The lowest BCUT2D eigenvalue weighted by Crippen LogP contribution is -2.38. The van der Waals surface area contributed by atoms with Gasteiger partial charge in [0.2, 0.25) is 0 Å². The molecule has 1 unspecified atom stereocenters. The average Bonchev–Trinajstić information content (AvgIpc) is 2.66. The number of para-hydroxylation sites is 1. The first kappa shape index (κ1) is 17.5. The van der Waals surface area contributed by atoms with Gasteiger partial charge in [0.25, 0.3) is 5.91 Å². The lowest BCUT2D eigenvalue weighted by molar-refractivity contribution is 0.0630. The quantitative estimate of drug-likeness (QED) is 0.842. The first-order chi connectivity index (χ1) is 12.2. The highest BCUT2D eigenvalue weighted by molar-refractivity contribution is 5.96. The van der Waals surface area contributed by atoms with Gasteiger partial charge in [-0.25, -0.2) is 0 Å². The summed E-state index contributed by atoms with van der Waals surface area (Å²) in [6, 6.07) is 15.5. The summed E-state index contributed by atoms with van der Waals surface area (Å²) >= 11 is 0. The topological polar surface area (TPSA) is 61.8 Å². The number of carbonyl (C=O) groups excluding carboxylic acids is 1. The number of ether oxygens (including phenoxy) is 1. The lowest BCUT2D eigenvalue weighted by Gasteiger charge is -2.30. The Balaban J connectivity index is 1.54. The molecule has 132 valence electrons. The van der Waals surface area contributed by atoms with Crippen LogP contribution in [-0.4, -0.2) is 48.8 Å². The number of aliphatic hydroxyl groups excluding tert-OH is 1. The second-order valence-corrected chi connectivity index (χ2v) is 6.29. The Bertz CT molecular complexity index is 732. The molecular weight excluding hydrogens is 316 g/mol. The molecule has 0 bridgehead atoms. The third kappa shape index (κ3) is 4.38. The van der Waals surface area contributed by atoms with E-state index in [2.05, 4.69) is 34.5 Å². The maximum atomic E-state index is 11.9. The minimum absolute atomic E-state index is 0.159. The third-order valence-corrected chi connectivity index (χ3v) is 4.47. The van der Waals surface area contributed by atoms with Crippen LogP contribution in [0.5, 0.6) is 5.75 Å². The molecule has 1 atom stereocenters. The van der Waals surface area contributed by atoms with E-state index < -0.39 is 6.10 Å². The lowest BCUT2D eigenvalue weighted by atomic mass is 10.00. The normalized spacial score (nSPS) is 15.3. The van der Waals surface area contributed by atoms with Gasteiger partial charge < -0.3 is 15.2 Å². The van der Waals surface area contributed by atoms with Gasteiger partial charge in [-0.1, -0.05) is 36.4 Å². The molecule has 1 amide bonds. The standard InChI is InChI=1S/C20H24N2O3/c1-21-20(24)18-8-4-5-9-19(18)25-14-17(23)13-22-11-10-15-6-2-3-7-16(15)12-22/h2-9,17,23H,10-14H2,1H3,(H,21,24). The van der Waals surface area contributed by atoms with E-state index in [9.17, 15) is 9.90 Å². The van der Waals surface area contributed by atoms with E-state index >= 15 is 0 Å². The fraction of sp³-hybridized carbons (Fsp3) is 0.350. The summed E-state index contributed by atoms with van der Waals surface area (Å²) in [6.07, 6.45) is 0.395. The summed E-state index contributed by atoms with van der Waals surface area (Å²) in [6.45, 7) is 2.49. The zero-order valence-electron chi connectivity index (χ0n) is 14.4. The zero-order chi connectivity index (χ0) is 17.6. The molecule has 0 spiro atoms. The Morgan fingerprint density at radius 1 is 1.20 bits per heavy atom. The van der Waals surface area contributed by atoms with Crippen molar-refractivity contribution >= 4 is 5.91 Å². The van der Waals surface area contributed by atoms with E-state index in [1.54, 1.807) is 25.2 Å². The van der Waals surface area contributed by atoms with Crippen LogP contribution in [0.25, 0.3) is 0 Å². The number of β-amino-alcohol motifs (C(OH)–C–C–N with tert-alkyl or cyclic N) is 1. The number of fused-ring (bicyclic) bond motifs is 1. The van der Waals surface area contributed by atoms with Crippen LogP contribution in [0.2, 0.25) is 0 Å². The van der Waals surface area contributed by atoms with Crippen molar-refractivity contribution in [2.24, 2.45) is 0 Å². The average molecular weight is 340 g/mol. The van der Waals surface area contributed by atoms with Crippen molar-refractivity contribution in [3.8, 4) is 5.75 Å². The van der Waals surface area contributed by atoms with Crippen molar-refractivity contribution in [2.45, 2.75) is 19.1 Å². The molecular formula is C20H24N2O3. The first-order valence-corrected chi connectivity index (χ1v) is 8.58. The molecule has 0 saturated carbocycles. The van der Waals surface area contributed by atoms with Crippen LogP contribution in [0.15, 0.2) is 48.5 Å². The Morgan fingerprint density at radius 2 is 1.92 bits per heavy atom. The highest BCUT2D eigenvalue weighted by atomic mass is 16.5. The molecule has 25 heavy (non-hydrogen) atoms. The molecule has 5 nitrogen and oxygen atoms in total. The Labute approximate surface area is 148 Å². The fourth-order valence-corrected chi connectivity index (χ4v) is 3.16. The molecule has 3 rings (SSSR count). The number of hydrogen-bond donors (Lipinski definition) is 2. The molecule has 1 heterocycles. The number of aliphatic hydroxyl groups is 1. The van der Waals surface area contributed by atoms with Gasteiger partial charge in [0.1, 0.15) is 18.5 Å².